The molecule has 0 spiro atoms. The Morgan fingerprint density at radius 2 is 2.14 bits per heavy atom. The van der Waals surface area contributed by atoms with Crippen LogP contribution in [0.5, 0.6) is 0 Å². The number of carbonyl (C=O) groups is 2. The molecule has 0 aromatic carbocycles. The number of pyridine rings is 1. The molecule has 0 fully saturated rings. The van der Waals surface area contributed by atoms with Crippen molar-refractivity contribution < 1.29 is 14.0 Å². The zero-order valence-corrected chi connectivity index (χ0v) is 16.7. The summed E-state index contributed by atoms with van der Waals surface area (Å²) in [6.45, 7) is 2.22. The number of carbonyl (C=O) groups excluding carboxylic acids is 2. The molecular formula is C21H20N4O3S. The Balaban J connectivity index is 1.52. The normalized spacial score (nSPS) is 14.4. The highest BCUT2D eigenvalue weighted by Gasteiger charge is 2.28. The van der Waals surface area contributed by atoms with Gasteiger partial charge >= 0.3 is 0 Å². The summed E-state index contributed by atoms with van der Waals surface area (Å²) < 4.78 is 5.88. The van der Waals surface area contributed by atoms with Crippen LogP contribution in [-0.2, 0) is 13.0 Å². The van der Waals surface area contributed by atoms with Crippen molar-refractivity contribution in [2.24, 2.45) is 5.10 Å². The van der Waals surface area contributed by atoms with E-state index in [0.717, 1.165) is 47.4 Å². The third-order valence-corrected chi connectivity index (χ3v) is 5.61. The molecule has 8 heteroatoms. The smallest absolute Gasteiger partial charge is 0.287 e. The minimum atomic E-state index is -0.275. The number of aryl methyl sites for hydroxylation is 1. The van der Waals surface area contributed by atoms with Crippen molar-refractivity contribution in [1.29, 1.82) is 0 Å². The number of hydrogen-bond acceptors (Lipinski definition) is 6. The Morgan fingerprint density at radius 3 is 2.90 bits per heavy atom. The van der Waals surface area contributed by atoms with Gasteiger partial charge in [-0.15, -0.1) is 11.3 Å². The lowest BCUT2D eigenvalue weighted by Crippen LogP contribution is -2.23. The van der Waals surface area contributed by atoms with Crippen LogP contribution in [0.3, 0.4) is 0 Å². The van der Waals surface area contributed by atoms with Crippen molar-refractivity contribution in [3.63, 3.8) is 0 Å². The molecule has 2 N–H and O–H groups in total. The van der Waals surface area contributed by atoms with Crippen molar-refractivity contribution in [3.05, 3.63) is 75.1 Å². The summed E-state index contributed by atoms with van der Waals surface area (Å²) in [5, 5.41) is 9.04. The number of furan rings is 1. The zero-order valence-electron chi connectivity index (χ0n) is 15.9. The van der Waals surface area contributed by atoms with Crippen LogP contribution in [0, 0.1) is 6.92 Å². The van der Waals surface area contributed by atoms with E-state index in [9.17, 15) is 9.59 Å². The molecule has 0 aliphatic heterocycles. The second-order valence-corrected chi connectivity index (χ2v) is 7.68. The van der Waals surface area contributed by atoms with Gasteiger partial charge in [0.15, 0.2) is 5.76 Å². The molecule has 29 heavy (non-hydrogen) atoms. The number of hydrazone groups is 1. The average Bonchev–Trinajstić information content (AvgIpc) is 3.40. The maximum Gasteiger partial charge on any atom is 0.287 e. The second-order valence-electron chi connectivity index (χ2n) is 6.73. The van der Waals surface area contributed by atoms with Gasteiger partial charge in [-0.25, -0.2) is 5.43 Å². The van der Waals surface area contributed by atoms with E-state index < -0.39 is 0 Å². The summed E-state index contributed by atoms with van der Waals surface area (Å²) in [5.74, 6) is 0.514. The molecule has 7 nitrogen and oxygen atoms in total. The van der Waals surface area contributed by atoms with Crippen molar-refractivity contribution in [3.8, 4) is 0 Å². The van der Waals surface area contributed by atoms with Crippen LogP contribution in [0.2, 0.25) is 0 Å². The Labute approximate surface area is 171 Å². The highest BCUT2D eigenvalue weighted by Crippen LogP contribution is 2.30. The van der Waals surface area contributed by atoms with E-state index in [1.165, 1.54) is 11.3 Å². The molecule has 0 unspecified atom stereocenters. The molecule has 3 heterocycles. The van der Waals surface area contributed by atoms with Gasteiger partial charge < -0.3 is 9.73 Å². The average molecular weight is 408 g/mol. The minimum Gasteiger partial charge on any atom is -0.455 e. The van der Waals surface area contributed by atoms with Gasteiger partial charge in [0.1, 0.15) is 5.76 Å². The predicted octanol–water partition coefficient (Wildman–Crippen LogP) is 3.44. The van der Waals surface area contributed by atoms with Crippen LogP contribution >= 0.6 is 11.3 Å². The number of fused-ring (bicyclic) bond motifs is 1. The molecule has 0 radical (unpaired) electrons. The van der Waals surface area contributed by atoms with Crippen molar-refractivity contribution in [2.45, 2.75) is 32.7 Å². The number of nitrogens with zero attached hydrogens (tertiary/aromatic N) is 2. The molecule has 1 aliphatic carbocycles. The molecule has 0 saturated heterocycles. The van der Waals surface area contributed by atoms with Crippen molar-refractivity contribution >= 4 is 28.9 Å². The van der Waals surface area contributed by atoms with Gasteiger partial charge in [-0.1, -0.05) is 12.1 Å². The topological polar surface area (TPSA) is 96.6 Å². The lowest BCUT2D eigenvalue weighted by atomic mass is 9.93. The summed E-state index contributed by atoms with van der Waals surface area (Å²) in [5.41, 5.74) is 5.84. The Hall–Kier alpha value is -3.26. The molecule has 0 bridgehead atoms. The van der Waals surface area contributed by atoms with E-state index in [4.69, 9.17) is 4.42 Å². The molecule has 3 aromatic heterocycles. The summed E-state index contributed by atoms with van der Waals surface area (Å²) in [4.78, 5) is 29.5. The molecular weight excluding hydrogens is 388 g/mol. The molecule has 148 valence electrons. The first kappa shape index (κ1) is 19.1. The second kappa shape index (κ2) is 8.40. The maximum atomic E-state index is 12.7. The van der Waals surface area contributed by atoms with E-state index in [1.54, 1.807) is 18.5 Å². The third-order valence-electron chi connectivity index (χ3n) is 4.75. The molecule has 0 atom stereocenters. The van der Waals surface area contributed by atoms with E-state index in [0.29, 0.717) is 11.4 Å². The summed E-state index contributed by atoms with van der Waals surface area (Å²) in [6, 6.07) is 7.29. The fourth-order valence-corrected chi connectivity index (χ4v) is 3.96. The van der Waals surface area contributed by atoms with Gasteiger partial charge in [0, 0.05) is 36.5 Å². The van der Waals surface area contributed by atoms with Gasteiger partial charge in [-0.05, 0) is 42.8 Å². The van der Waals surface area contributed by atoms with Gasteiger partial charge in [-0.2, -0.15) is 5.10 Å². The fraction of sp³-hybridized carbons (Fsp3) is 0.238. The highest BCUT2D eigenvalue weighted by molar-refractivity contribution is 7.12. The summed E-state index contributed by atoms with van der Waals surface area (Å²) >= 11 is 1.36. The standard InChI is InChI=1S/C21H20N4O3S/c1-13-18-15(24-25-20(26)17-8-4-10-29-17)6-2-7-16(18)28-19(13)21(27)23-12-14-5-3-9-22-11-14/h3-5,8-11H,2,6-7,12H2,1H3,(H,23,27)(H,25,26)/b24-15+. The van der Waals surface area contributed by atoms with Crippen LogP contribution in [0.1, 0.15) is 55.5 Å². The first-order valence-electron chi connectivity index (χ1n) is 9.33. The van der Waals surface area contributed by atoms with Gasteiger partial charge in [-0.3, -0.25) is 14.6 Å². The number of aromatic nitrogens is 1. The Kier molecular flexibility index (Phi) is 5.53. The lowest BCUT2D eigenvalue weighted by molar-refractivity contribution is 0.0919. The van der Waals surface area contributed by atoms with E-state index in [1.807, 2.05) is 30.5 Å². The van der Waals surface area contributed by atoms with Crippen LogP contribution in [-0.4, -0.2) is 22.5 Å². The number of thiophene rings is 1. The Morgan fingerprint density at radius 1 is 1.24 bits per heavy atom. The van der Waals surface area contributed by atoms with Crippen LogP contribution in [0.4, 0.5) is 0 Å². The van der Waals surface area contributed by atoms with E-state index in [2.05, 4.69) is 20.8 Å². The van der Waals surface area contributed by atoms with Gasteiger partial charge in [0.2, 0.25) is 0 Å². The maximum absolute atomic E-state index is 12.7. The van der Waals surface area contributed by atoms with Crippen LogP contribution < -0.4 is 10.7 Å². The van der Waals surface area contributed by atoms with Gasteiger partial charge in [0.05, 0.1) is 10.6 Å². The van der Waals surface area contributed by atoms with Crippen molar-refractivity contribution in [2.75, 3.05) is 0 Å². The number of amides is 2. The third kappa shape index (κ3) is 4.12. The quantitative estimate of drug-likeness (QED) is 0.632. The minimum absolute atomic E-state index is 0.241. The number of rotatable bonds is 5. The number of nitrogens with one attached hydrogen (secondary N) is 2. The predicted molar refractivity (Wildman–Crippen MR) is 110 cm³/mol. The van der Waals surface area contributed by atoms with Crippen molar-refractivity contribution in [1.82, 2.24) is 15.7 Å². The monoisotopic (exact) mass is 408 g/mol. The first-order valence-corrected chi connectivity index (χ1v) is 10.2. The molecule has 1 aliphatic rings. The fourth-order valence-electron chi connectivity index (χ4n) is 3.34. The molecule has 4 rings (SSSR count). The van der Waals surface area contributed by atoms with E-state index >= 15 is 0 Å². The lowest BCUT2D eigenvalue weighted by Gasteiger charge is -2.13. The Bertz CT molecular complexity index is 1060. The van der Waals surface area contributed by atoms with Gasteiger partial charge in [0.25, 0.3) is 11.8 Å². The number of hydrogen-bond donors (Lipinski definition) is 2. The molecule has 2 amide bonds. The molecule has 0 saturated carbocycles. The van der Waals surface area contributed by atoms with E-state index in [-0.39, 0.29) is 17.6 Å². The highest BCUT2D eigenvalue weighted by atomic mass is 32.1. The SMILES string of the molecule is Cc1c(C(=O)NCc2cccnc2)oc2c1/C(=N/NC(=O)c1cccs1)CCC2. The summed E-state index contributed by atoms with van der Waals surface area (Å²) in [6.07, 6.45) is 5.71. The largest absolute Gasteiger partial charge is 0.455 e. The van der Waals surface area contributed by atoms with Crippen LogP contribution in [0.15, 0.2) is 51.6 Å². The summed E-state index contributed by atoms with van der Waals surface area (Å²) in [7, 11) is 0. The van der Waals surface area contributed by atoms with Crippen LogP contribution in [0.25, 0.3) is 0 Å². The zero-order chi connectivity index (χ0) is 20.2. The first-order chi connectivity index (χ1) is 14.1. The molecule has 3 aromatic rings.